The molecule has 0 bridgehead atoms. The SMILES string of the molecule is C=Nc1ccc(Br)cc1N(CCl)Cc1ccc(Cl)cc1. The molecule has 0 atom stereocenters. The molecule has 0 N–H and O–H groups in total. The molecule has 0 radical (unpaired) electrons. The normalized spacial score (nSPS) is 10.3. The van der Waals surface area contributed by atoms with Crippen LogP contribution < -0.4 is 4.90 Å². The van der Waals surface area contributed by atoms with Crippen LogP contribution >= 0.6 is 39.1 Å². The minimum Gasteiger partial charge on any atom is -0.352 e. The minimum atomic E-state index is 0.363. The van der Waals surface area contributed by atoms with Gasteiger partial charge in [0.25, 0.3) is 0 Å². The van der Waals surface area contributed by atoms with Crippen LogP contribution in [0.25, 0.3) is 0 Å². The zero-order valence-electron chi connectivity index (χ0n) is 10.7. The van der Waals surface area contributed by atoms with Crippen molar-refractivity contribution in [2.45, 2.75) is 6.54 Å². The van der Waals surface area contributed by atoms with Crippen LogP contribution in [0.3, 0.4) is 0 Å². The standard InChI is InChI=1S/C15H13BrCl2N2/c1-19-14-7-4-12(16)8-15(14)20(10-17)9-11-2-5-13(18)6-3-11/h2-8H,1,9-10H2. The third-order valence-corrected chi connectivity index (χ3v) is 3.91. The maximum Gasteiger partial charge on any atom is 0.0933 e. The van der Waals surface area contributed by atoms with Crippen LogP contribution in [0.2, 0.25) is 5.02 Å². The molecule has 0 saturated heterocycles. The summed E-state index contributed by atoms with van der Waals surface area (Å²) in [6, 6.07) is 13.9. The molecule has 0 fully saturated rings. The summed E-state index contributed by atoms with van der Waals surface area (Å²) in [5.41, 5.74) is 2.88. The number of hydrogen-bond acceptors (Lipinski definition) is 2. The van der Waals surface area contributed by atoms with Crippen molar-refractivity contribution in [2.24, 2.45) is 4.99 Å². The van der Waals surface area contributed by atoms with Crippen molar-refractivity contribution in [3.63, 3.8) is 0 Å². The molecule has 2 aromatic carbocycles. The lowest BCUT2D eigenvalue weighted by atomic mass is 10.2. The topological polar surface area (TPSA) is 15.6 Å². The predicted octanol–water partition coefficient (Wildman–Crippen LogP) is 5.64. The van der Waals surface area contributed by atoms with Crippen LogP contribution in [-0.4, -0.2) is 12.7 Å². The fourth-order valence-corrected chi connectivity index (χ4v) is 2.57. The first kappa shape index (κ1) is 15.4. The molecule has 0 saturated carbocycles. The lowest BCUT2D eigenvalue weighted by molar-refractivity contribution is 0.898. The molecule has 0 aliphatic heterocycles. The number of hydrogen-bond donors (Lipinski definition) is 0. The van der Waals surface area contributed by atoms with Crippen LogP contribution in [-0.2, 0) is 6.54 Å². The molecule has 2 aromatic rings. The number of anilines is 1. The molecule has 2 nitrogen and oxygen atoms in total. The molecule has 104 valence electrons. The Balaban J connectivity index is 2.30. The summed E-state index contributed by atoms with van der Waals surface area (Å²) in [5, 5.41) is 0.724. The molecular weight excluding hydrogens is 359 g/mol. The van der Waals surface area contributed by atoms with Crippen LogP contribution in [0.4, 0.5) is 11.4 Å². The Bertz CT molecular complexity index is 599. The van der Waals surface area contributed by atoms with E-state index in [1.165, 1.54) is 0 Å². The third-order valence-electron chi connectivity index (χ3n) is 2.88. The van der Waals surface area contributed by atoms with Gasteiger partial charge >= 0.3 is 0 Å². The Morgan fingerprint density at radius 3 is 2.45 bits per heavy atom. The lowest BCUT2D eigenvalue weighted by Crippen LogP contribution is -2.20. The van der Waals surface area contributed by atoms with Gasteiger partial charge in [-0.15, -0.1) is 11.6 Å². The fourth-order valence-electron chi connectivity index (χ4n) is 1.89. The summed E-state index contributed by atoms with van der Waals surface area (Å²) in [7, 11) is 0. The largest absolute Gasteiger partial charge is 0.352 e. The number of aliphatic imine (C=N–C) groups is 1. The fraction of sp³-hybridized carbons (Fsp3) is 0.133. The summed E-state index contributed by atoms with van der Waals surface area (Å²) in [4.78, 5) is 6.07. The number of alkyl halides is 1. The molecule has 0 aliphatic carbocycles. The average molecular weight is 372 g/mol. The van der Waals surface area contributed by atoms with E-state index in [-0.39, 0.29) is 0 Å². The highest BCUT2D eigenvalue weighted by Crippen LogP contribution is 2.32. The van der Waals surface area contributed by atoms with E-state index < -0.39 is 0 Å². The predicted molar refractivity (Wildman–Crippen MR) is 91.7 cm³/mol. The summed E-state index contributed by atoms with van der Waals surface area (Å²) in [6.45, 7) is 4.28. The van der Waals surface area contributed by atoms with Gasteiger partial charge in [0.15, 0.2) is 0 Å². The maximum atomic E-state index is 6.09. The summed E-state index contributed by atoms with van der Waals surface area (Å²) in [6.07, 6.45) is 0. The molecular formula is C15H13BrCl2N2. The van der Waals surface area contributed by atoms with Crippen molar-refractivity contribution in [2.75, 3.05) is 10.9 Å². The monoisotopic (exact) mass is 370 g/mol. The Labute approximate surface area is 137 Å². The second-order valence-electron chi connectivity index (χ2n) is 4.24. The van der Waals surface area contributed by atoms with E-state index in [1.807, 2.05) is 47.4 Å². The van der Waals surface area contributed by atoms with Crippen LogP contribution in [0.5, 0.6) is 0 Å². The van der Waals surface area contributed by atoms with Crippen LogP contribution in [0, 0.1) is 0 Å². The zero-order valence-corrected chi connectivity index (χ0v) is 13.8. The van der Waals surface area contributed by atoms with E-state index in [0.29, 0.717) is 12.5 Å². The molecule has 20 heavy (non-hydrogen) atoms. The average Bonchev–Trinajstić information content (AvgIpc) is 2.46. The first-order chi connectivity index (χ1) is 9.63. The molecule has 0 amide bonds. The van der Waals surface area contributed by atoms with Crippen molar-refractivity contribution < 1.29 is 0 Å². The highest BCUT2D eigenvalue weighted by atomic mass is 79.9. The third kappa shape index (κ3) is 3.75. The Hall–Kier alpha value is -1.03. The van der Waals surface area contributed by atoms with Gasteiger partial charge in [-0.3, -0.25) is 4.99 Å². The number of halogens is 3. The lowest BCUT2D eigenvalue weighted by Gasteiger charge is -2.23. The van der Waals surface area contributed by atoms with Gasteiger partial charge in [-0.05, 0) is 42.6 Å². The Kier molecular flexibility index (Phi) is 5.46. The van der Waals surface area contributed by atoms with Gasteiger partial charge in [0, 0.05) is 16.0 Å². The molecule has 2 rings (SSSR count). The van der Waals surface area contributed by atoms with E-state index >= 15 is 0 Å². The van der Waals surface area contributed by atoms with Crippen molar-refractivity contribution in [1.82, 2.24) is 0 Å². The smallest absolute Gasteiger partial charge is 0.0933 e. The zero-order chi connectivity index (χ0) is 14.5. The van der Waals surface area contributed by atoms with Crippen LogP contribution in [0.15, 0.2) is 51.9 Å². The number of benzene rings is 2. The number of nitrogens with zero attached hydrogens (tertiary/aromatic N) is 2. The second-order valence-corrected chi connectivity index (χ2v) is 5.83. The molecule has 0 spiro atoms. The summed E-state index contributed by atoms with van der Waals surface area (Å²) < 4.78 is 0.978. The van der Waals surface area contributed by atoms with Gasteiger partial charge in [0.1, 0.15) is 0 Å². The molecule has 0 unspecified atom stereocenters. The quantitative estimate of drug-likeness (QED) is 0.377. The highest BCUT2D eigenvalue weighted by Gasteiger charge is 2.11. The van der Waals surface area contributed by atoms with E-state index in [0.717, 1.165) is 26.4 Å². The van der Waals surface area contributed by atoms with Crippen molar-refractivity contribution >= 4 is 57.2 Å². The molecule has 0 heterocycles. The molecule has 5 heteroatoms. The van der Waals surface area contributed by atoms with E-state index in [4.69, 9.17) is 23.2 Å². The van der Waals surface area contributed by atoms with E-state index in [1.54, 1.807) is 0 Å². The maximum absolute atomic E-state index is 6.09. The van der Waals surface area contributed by atoms with Crippen molar-refractivity contribution in [3.05, 3.63) is 57.5 Å². The summed E-state index contributed by atoms with van der Waals surface area (Å²) >= 11 is 15.5. The van der Waals surface area contributed by atoms with E-state index in [2.05, 4.69) is 27.6 Å². The van der Waals surface area contributed by atoms with Gasteiger partial charge in [0.05, 0.1) is 17.4 Å². The van der Waals surface area contributed by atoms with Gasteiger partial charge in [0.2, 0.25) is 0 Å². The number of rotatable bonds is 5. The molecule has 0 aromatic heterocycles. The second kappa shape index (κ2) is 7.11. The van der Waals surface area contributed by atoms with Gasteiger partial charge in [-0.1, -0.05) is 39.7 Å². The van der Waals surface area contributed by atoms with Crippen LogP contribution in [0.1, 0.15) is 5.56 Å². The van der Waals surface area contributed by atoms with Crippen molar-refractivity contribution in [3.8, 4) is 0 Å². The minimum absolute atomic E-state index is 0.363. The summed E-state index contributed by atoms with van der Waals surface area (Å²) in [5.74, 6) is 0. The van der Waals surface area contributed by atoms with Gasteiger partial charge in [-0.2, -0.15) is 0 Å². The first-order valence-corrected chi connectivity index (χ1v) is 7.66. The molecule has 0 aliphatic rings. The van der Waals surface area contributed by atoms with Gasteiger partial charge in [-0.25, -0.2) is 0 Å². The van der Waals surface area contributed by atoms with Crippen molar-refractivity contribution in [1.29, 1.82) is 0 Å². The van der Waals surface area contributed by atoms with E-state index in [9.17, 15) is 0 Å². The Morgan fingerprint density at radius 2 is 1.85 bits per heavy atom. The van der Waals surface area contributed by atoms with Gasteiger partial charge < -0.3 is 4.90 Å². The highest BCUT2D eigenvalue weighted by molar-refractivity contribution is 9.10. The first-order valence-electron chi connectivity index (χ1n) is 5.95. The Morgan fingerprint density at radius 1 is 1.15 bits per heavy atom.